The SMILES string of the molecule is CCCOC(=O)OC(COC(C)=O)OC(C)=O. The molecule has 1 atom stereocenters. The van der Waals surface area contributed by atoms with Crippen LogP contribution in [0, 0.1) is 0 Å². The van der Waals surface area contributed by atoms with Crippen molar-refractivity contribution in [2.24, 2.45) is 0 Å². The first-order valence-electron chi connectivity index (χ1n) is 5.09. The highest BCUT2D eigenvalue weighted by atomic mass is 16.8. The van der Waals surface area contributed by atoms with Crippen LogP contribution in [0.4, 0.5) is 4.79 Å². The molecule has 0 saturated carbocycles. The highest BCUT2D eigenvalue weighted by Crippen LogP contribution is 2.00. The lowest BCUT2D eigenvalue weighted by atomic mass is 10.5. The maximum Gasteiger partial charge on any atom is 0.511 e. The molecule has 1 unspecified atom stereocenters. The largest absolute Gasteiger partial charge is 0.511 e. The van der Waals surface area contributed by atoms with Crippen molar-refractivity contribution in [2.75, 3.05) is 13.2 Å². The Kier molecular flexibility index (Phi) is 7.49. The third-order valence-corrected chi connectivity index (χ3v) is 1.37. The van der Waals surface area contributed by atoms with Crippen molar-refractivity contribution in [1.82, 2.24) is 0 Å². The summed E-state index contributed by atoms with van der Waals surface area (Å²) in [5, 5.41) is 0. The number of hydrogen-bond donors (Lipinski definition) is 0. The van der Waals surface area contributed by atoms with E-state index in [-0.39, 0.29) is 13.2 Å². The Morgan fingerprint density at radius 1 is 1.00 bits per heavy atom. The number of ether oxygens (including phenoxy) is 4. The van der Waals surface area contributed by atoms with Crippen molar-refractivity contribution in [1.29, 1.82) is 0 Å². The summed E-state index contributed by atoms with van der Waals surface area (Å²) in [5.74, 6) is -1.24. The van der Waals surface area contributed by atoms with Crippen molar-refractivity contribution in [3.8, 4) is 0 Å². The summed E-state index contributed by atoms with van der Waals surface area (Å²) < 4.78 is 18.4. The molecule has 0 aliphatic carbocycles. The molecule has 0 radical (unpaired) electrons. The third-order valence-electron chi connectivity index (χ3n) is 1.37. The van der Waals surface area contributed by atoms with Crippen molar-refractivity contribution in [3.05, 3.63) is 0 Å². The standard InChI is InChI=1S/C10H16O7/c1-4-5-14-10(13)17-9(16-8(3)12)6-15-7(2)11/h9H,4-6H2,1-3H3. The van der Waals surface area contributed by atoms with Crippen LogP contribution in [-0.4, -0.2) is 37.6 Å². The lowest BCUT2D eigenvalue weighted by Gasteiger charge is -2.16. The predicted molar refractivity (Wildman–Crippen MR) is 54.9 cm³/mol. The van der Waals surface area contributed by atoms with Gasteiger partial charge in [-0.1, -0.05) is 6.92 Å². The summed E-state index contributed by atoms with van der Waals surface area (Å²) in [7, 11) is 0. The molecule has 7 heteroatoms. The van der Waals surface area contributed by atoms with Crippen LogP contribution in [0.25, 0.3) is 0 Å². The zero-order valence-electron chi connectivity index (χ0n) is 10.1. The minimum Gasteiger partial charge on any atom is -0.458 e. The van der Waals surface area contributed by atoms with Gasteiger partial charge >= 0.3 is 18.1 Å². The predicted octanol–water partition coefficient (Wildman–Crippen LogP) is 1.00. The molecule has 0 rings (SSSR count). The van der Waals surface area contributed by atoms with Gasteiger partial charge in [0.2, 0.25) is 0 Å². The molecule has 0 bridgehead atoms. The van der Waals surface area contributed by atoms with Crippen molar-refractivity contribution in [3.63, 3.8) is 0 Å². The van der Waals surface area contributed by atoms with Crippen LogP contribution in [0.15, 0.2) is 0 Å². The molecule has 0 fully saturated rings. The molecule has 0 spiro atoms. The van der Waals surface area contributed by atoms with Gasteiger partial charge in [0.05, 0.1) is 6.61 Å². The van der Waals surface area contributed by atoms with Crippen LogP contribution in [0.1, 0.15) is 27.2 Å². The van der Waals surface area contributed by atoms with E-state index in [1.807, 2.05) is 6.92 Å². The number of esters is 2. The summed E-state index contributed by atoms with van der Waals surface area (Å²) in [6, 6.07) is 0. The van der Waals surface area contributed by atoms with E-state index < -0.39 is 24.4 Å². The Morgan fingerprint density at radius 3 is 2.12 bits per heavy atom. The number of carbonyl (C=O) groups excluding carboxylic acids is 3. The van der Waals surface area contributed by atoms with E-state index in [4.69, 9.17) is 0 Å². The van der Waals surface area contributed by atoms with Crippen LogP contribution >= 0.6 is 0 Å². The Hall–Kier alpha value is -1.79. The van der Waals surface area contributed by atoms with E-state index in [1.165, 1.54) is 6.92 Å². The topological polar surface area (TPSA) is 88.1 Å². The second kappa shape index (κ2) is 8.37. The first kappa shape index (κ1) is 15.2. The summed E-state index contributed by atoms with van der Waals surface area (Å²) in [4.78, 5) is 32.3. The summed E-state index contributed by atoms with van der Waals surface area (Å²) in [6.07, 6.45) is -1.64. The lowest BCUT2D eigenvalue weighted by molar-refractivity contribution is -0.183. The van der Waals surface area contributed by atoms with Gasteiger partial charge < -0.3 is 18.9 Å². The molecule has 0 aromatic carbocycles. The molecule has 17 heavy (non-hydrogen) atoms. The van der Waals surface area contributed by atoms with Crippen LogP contribution in [0.3, 0.4) is 0 Å². The van der Waals surface area contributed by atoms with E-state index in [2.05, 4.69) is 18.9 Å². The normalized spacial score (nSPS) is 11.2. The molecular formula is C10H16O7. The van der Waals surface area contributed by atoms with Gasteiger partial charge in [0.15, 0.2) is 6.61 Å². The molecule has 98 valence electrons. The van der Waals surface area contributed by atoms with Crippen LogP contribution in [0.5, 0.6) is 0 Å². The van der Waals surface area contributed by atoms with Crippen molar-refractivity contribution < 1.29 is 33.3 Å². The van der Waals surface area contributed by atoms with Gasteiger partial charge in [-0.25, -0.2) is 4.79 Å². The van der Waals surface area contributed by atoms with Gasteiger partial charge in [0.1, 0.15) is 0 Å². The fourth-order valence-electron chi connectivity index (χ4n) is 0.789. The van der Waals surface area contributed by atoms with Crippen LogP contribution in [-0.2, 0) is 28.5 Å². The molecule has 0 saturated heterocycles. The zero-order chi connectivity index (χ0) is 13.3. The highest BCUT2D eigenvalue weighted by Gasteiger charge is 2.19. The number of hydrogen-bond acceptors (Lipinski definition) is 7. The Labute approximate surface area is 99.0 Å². The Balaban J connectivity index is 4.12. The summed E-state index contributed by atoms with van der Waals surface area (Å²) in [5.41, 5.74) is 0. The Bertz CT molecular complexity index is 274. The van der Waals surface area contributed by atoms with Gasteiger partial charge in [0, 0.05) is 13.8 Å². The van der Waals surface area contributed by atoms with E-state index in [1.54, 1.807) is 0 Å². The fraction of sp³-hybridized carbons (Fsp3) is 0.700. The lowest BCUT2D eigenvalue weighted by Crippen LogP contribution is -2.29. The summed E-state index contributed by atoms with van der Waals surface area (Å²) in [6.45, 7) is 3.97. The molecule has 7 nitrogen and oxygen atoms in total. The van der Waals surface area contributed by atoms with Gasteiger partial charge in [0.25, 0.3) is 6.29 Å². The van der Waals surface area contributed by atoms with Gasteiger partial charge in [-0.2, -0.15) is 0 Å². The van der Waals surface area contributed by atoms with E-state index in [9.17, 15) is 14.4 Å². The van der Waals surface area contributed by atoms with Crippen molar-refractivity contribution in [2.45, 2.75) is 33.5 Å². The fourth-order valence-corrected chi connectivity index (χ4v) is 0.789. The molecule has 0 heterocycles. The van der Waals surface area contributed by atoms with Crippen LogP contribution < -0.4 is 0 Å². The average molecular weight is 248 g/mol. The third kappa shape index (κ3) is 9.16. The van der Waals surface area contributed by atoms with Gasteiger partial charge in [-0.15, -0.1) is 0 Å². The van der Waals surface area contributed by atoms with E-state index in [0.717, 1.165) is 6.92 Å². The molecule has 0 aliphatic rings. The molecule has 0 N–H and O–H groups in total. The zero-order valence-corrected chi connectivity index (χ0v) is 10.1. The first-order valence-corrected chi connectivity index (χ1v) is 5.09. The van der Waals surface area contributed by atoms with E-state index in [0.29, 0.717) is 6.42 Å². The summed E-state index contributed by atoms with van der Waals surface area (Å²) >= 11 is 0. The highest BCUT2D eigenvalue weighted by molar-refractivity contribution is 5.67. The molecular weight excluding hydrogens is 232 g/mol. The van der Waals surface area contributed by atoms with Crippen LogP contribution in [0.2, 0.25) is 0 Å². The van der Waals surface area contributed by atoms with Gasteiger partial charge in [-0.3, -0.25) is 9.59 Å². The molecule has 0 aromatic heterocycles. The molecule has 0 aliphatic heterocycles. The second-order valence-corrected chi connectivity index (χ2v) is 3.06. The van der Waals surface area contributed by atoms with Gasteiger partial charge in [-0.05, 0) is 6.42 Å². The maximum absolute atomic E-state index is 11.1. The minimum atomic E-state index is -1.29. The van der Waals surface area contributed by atoms with E-state index >= 15 is 0 Å². The quantitative estimate of drug-likeness (QED) is 0.393. The second-order valence-electron chi connectivity index (χ2n) is 3.06. The monoisotopic (exact) mass is 248 g/mol. The maximum atomic E-state index is 11.1. The average Bonchev–Trinajstić information content (AvgIpc) is 2.22. The Morgan fingerprint density at radius 2 is 1.65 bits per heavy atom. The first-order chi connectivity index (χ1) is 7.95. The molecule has 0 amide bonds. The smallest absolute Gasteiger partial charge is 0.458 e. The minimum absolute atomic E-state index is 0.194. The van der Waals surface area contributed by atoms with Crippen molar-refractivity contribution >= 4 is 18.1 Å². The number of rotatable bonds is 6. The molecule has 0 aromatic rings. The number of carbonyl (C=O) groups is 3.